The van der Waals surface area contributed by atoms with E-state index in [4.69, 9.17) is 15.6 Å². The number of amides is 1. The molecule has 1 aliphatic rings. The molecule has 5 rings (SSSR count). The van der Waals surface area contributed by atoms with Crippen molar-refractivity contribution < 1.29 is 13.9 Å². The molecule has 0 bridgehead atoms. The number of para-hydroxylation sites is 1. The van der Waals surface area contributed by atoms with Crippen LogP contribution in [0.3, 0.4) is 0 Å². The van der Waals surface area contributed by atoms with E-state index >= 15 is 4.39 Å². The molecule has 4 aromatic rings. The lowest BCUT2D eigenvalue weighted by atomic mass is 10.0. The summed E-state index contributed by atoms with van der Waals surface area (Å²) < 4.78 is 22.9. The van der Waals surface area contributed by atoms with Crippen LogP contribution in [0, 0.1) is 17.1 Å². The minimum atomic E-state index is -0.540. The van der Waals surface area contributed by atoms with E-state index in [0.717, 1.165) is 12.8 Å². The summed E-state index contributed by atoms with van der Waals surface area (Å²) >= 11 is 0. The third-order valence-electron chi connectivity index (χ3n) is 7.26. The van der Waals surface area contributed by atoms with Gasteiger partial charge in [-0.2, -0.15) is 10.4 Å². The standard InChI is InChI=1S/C30H31FN8O2/c1-30(2,34-3)15-19(16-32)29(40)38-13-7-8-20(38)17-39-28-25(27(33)35-18-36-28)26(37-39)23-12-11-22(14-24(23)31)41-21-9-5-4-6-10-21/h4-6,9-12,14-15,18,20,34H,7-8,13,17H2,1-3H3,(H2,33,35,36)/b19-15-/t20-/m1/s1. The SMILES string of the molecule is CNC(C)(C)/C=C(/C#N)C(=O)N1CCC[C@@H]1Cn1nc(-c2ccc(Oc3ccccc3)cc2F)c2c(N)ncnc21. The monoisotopic (exact) mass is 554 g/mol. The van der Waals surface area contributed by atoms with Gasteiger partial charge in [0.15, 0.2) is 5.65 Å². The Labute approximate surface area is 237 Å². The molecule has 1 fully saturated rings. The molecule has 1 aliphatic heterocycles. The zero-order valence-corrected chi connectivity index (χ0v) is 23.1. The highest BCUT2D eigenvalue weighted by molar-refractivity contribution is 5.99. The number of nitrogens with one attached hydrogen (secondary N) is 1. The number of hydrogen-bond acceptors (Lipinski definition) is 8. The molecule has 3 heterocycles. The number of rotatable bonds is 8. The maximum Gasteiger partial charge on any atom is 0.264 e. The van der Waals surface area contributed by atoms with Gasteiger partial charge in [0.25, 0.3) is 5.91 Å². The molecule has 11 heteroatoms. The topological polar surface area (TPSA) is 135 Å². The van der Waals surface area contributed by atoms with E-state index in [9.17, 15) is 10.1 Å². The van der Waals surface area contributed by atoms with Crippen LogP contribution in [0.2, 0.25) is 0 Å². The molecule has 1 saturated heterocycles. The predicted molar refractivity (Wildman–Crippen MR) is 153 cm³/mol. The number of benzene rings is 2. The summed E-state index contributed by atoms with van der Waals surface area (Å²) in [5.74, 6) is 0.231. The van der Waals surface area contributed by atoms with Gasteiger partial charge in [0.1, 0.15) is 46.8 Å². The van der Waals surface area contributed by atoms with Crippen molar-refractivity contribution in [2.45, 2.75) is 44.8 Å². The van der Waals surface area contributed by atoms with E-state index in [1.54, 1.807) is 47.0 Å². The van der Waals surface area contributed by atoms with Crippen molar-refractivity contribution in [1.82, 2.24) is 30.0 Å². The predicted octanol–water partition coefficient (Wildman–Crippen LogP) is 4.45. The molecule has 41 heavy (non-hydrogen) atoms. The number of nitriles is 1. The van der Waals surface area contributed by atoms with Gasteiger partial charge in [0.2, 0.25) is 0 Å². The minimum absolute atomic E-state index is 0.0775. The number of aromatic nitrogens is 4. The number of likely N-dealkylation sites (N-methyl/N-ethyl adjacent to an activating group) is 1. The molecule has 1 atom stereocenters. The molecule has 1 amide bonds. The molecule has 3 N–H and O–H groups in total. The highest BCUT2D eigenvalue weighted by Gasteiger charge is 2.33. The number of ether oxygens (including phenoxy) is 1. The van der Waals surface area contributed by atoms with Crippen LogP contribution < -0.4 is 15.8 Å². The number of carbonyl (C=O) groups is 1. The first-order valence-corrected chi connectivity index (χ1v) is 13.3. The maximum atomic E-state index is 15.5. The Morgan fingerprint density at radius 1 is 1.24 bits per heavy atom. The van der Waals surface area contributed by atoms with Crippen LogP contribution in [0.4, 0.5) is 10.2 Å². The zero-order chi connectivity index (χ0) is 29.1. The van der Waals surface area contributed by atoms with Crippen molar-refractivity contribution in [2.75, 3.05) is 19.3 Å². The van der Waals surface area contributed by atoms with Gasteiger partial charge < -0.3 is 20.7 Å². The molecule has 0 saturated carbocycles. The van der Waals surface area contributed by atoms with Crippen molar-refractivity contribution in [3.8, 4) is 28.8 Å². The Morgan fingerprint density at radius 3 is 2.73 bits per heavy atom. The number of halogens is 1. The van der Waals surface area contributed by atoms with Gasteiger partial charge in [0, 0.05) is 23.7 Å². The normalized spacial score (nSPS) is 15.7. The molecular formula is C30H31FN8O2. The van der Waals surface area contributed by atoms with E-state index in [1.807, 2.05) is 32.0 Å². The van der Waals surface area contributed by atoms with Crippen molar-refractivity contribution in [2.24, 2.45) is 0 Å². The van der Waals surface area contributed by atoms with Crippen molar-refractivity contribution >= 4 is 22.8 Å². The first kappa shape index (κ1) is 27.7. The van der Waals surface area contributed by atoms with Crippen LogP contribution >= 0.6 is 0 Å². The summed E-state index contributed by atoms with van der Waals surface area (Å²) in [5.41, 5.74) is 6.74. The fraction of sp³-hybridized carbons (Fsp3) is 0.300. The van der Waals surface area contributed by atoms with Crippen LogP contribution in [-0.2, 0) is 11.3 Å². The number of likely N-dealkylation sites (tertiary alicyclic amines) is 1. The molecule has 0 radical (unpaired) electrons. The second-order valence-electron chi connectivity index (χ2n) is 10.5. The lowest BCUT2D eigenvalue weighted by molar-refractivity contribution is -0.127. The summed E-state index contributed by atoms with van der Waals surface area (Å²) in [7, 11) is 1.77. The average molecular weight is 555 g/mol. The van der Waals surface area contributed by atoms with E-state index in [-0.39, 0.29) is 28.9 Å². The minimum Gasteiger partial charge on any atom is -0.457 e. The largest absolute Gasteiger partial charge is 0.457 e. The lowest BCUT2D eigenvalue weighted by Crippen LogP contribution is -2.40. The first-order valence-electron chi connectivity index (χ1n) is 13.3. The zero-order valence-electron chi connectivity index (χ0n) is 23.1. The van der Waals surface area contributed by atoms with E-state index in [2.05, 4.69) is 21.4 Å². The fourth-order valence-corrected chi connectivity index (χ4v) is 4.94. The third kappa shape index (κ3) is 5.73. The number of fused-ring (bicyclic) bond motifs is 1. The third-order valence-corrected chi connectivity index (χ3v) is 7.26. The summed E-state index contributed by atoms with van der Waals surface area (Å²) in [6.45, 7) is 4.59. The van der Waals surface area contributed by atoms with Gasteiger partial charge in [-0.3, -0.25) is 4.79 Å². The molecule has 10 nitrogen and oxygen atoms in total. The Kier molecular flexibility index (Phi) is 7.68. The summed E-state index contributed by atoms with van der Waals surface area (Å²) in [6, 6.07) is 15.5. The first-order chi connectivity index (χ1) is 19.7. The van der Waals surface area contributed by atoms with Crippen LogP contribution in [-0.4, -0.2) is 55.7 Å². The Hall–Kier alpha value is -4.82. The van der Waals surface area contributed by atoms with E-state index < -0.39 is 11.4 Å². The van der Waals surface area contributed by atoms with Gasteiger partial charge in [-0.15, -0.1) is 0 Å². The maximum absolute atomic E-state index is 15.5. The van der Waals surface area contributed by atoms with Gasteiger partial charge in [-0.05, 0) is 64.1 Å². The number of hydrogen-bond donors (Lipinski definition) is 2. The summed E-state index contributed by atoms with van der Waals surface area (Å²) in [4.78, 5) is 23.6. The van der Waals surface area contributed by atoms with Gasteiger partial charge in [-0.25, -0.2) is 19.0 Å². The van der Waals surface area contributed by atoms with Crippen molar-refractivity contribution in [3.63, 3.8) is 0 Å². The highest BCUT2D eigenvalue weighted by atomic mass is 19.1. The van der Waals surface area contributed by atoms with Gasteiger partial charge >= 0.3 is 0 Å². The lowest BCUT2D eigenvalue weighted by Gasteiger charge is -2.26. The average Bonchev–Trinajstić information content (AvgIpc) is 3.58. The van der Waals surface area contributed by atoms with E-state index in [1.165, 1.54) is 12.4 Å². The number of carbonyl (C=O) groups excluding carboxylic acids is 1. The van der Waals surface area contributed by atoms with Crippen LogP contribution in [0.25, 0.3) is 22.3 Å². The van der Waals surface area contributed by atoms with Crippen LogP contribution in [0.15, 0.2) is 66.5 Å². The number of nitrogen functional groups attached to an aromatic ring is 1. The van der Waals surface area contributed by atoms with Gasteiger partial charge in [0.05, 0.1) is 18.0 Å². The molecule has 0 aliphatic carbocycles. The van der Waals surface area contributed by atoms with Crippen molar-refractivity contribution in [3.05, 3.63) is 72.3 Å². The van der Waals surface area contributed by atoms with E-state index in [0.29, 0.717) is 41.3 Å². The quantitative estimate of drug-likeness (QED) is 0.241. The number of nitrogens with zero attached hydrogens (tertiary/aromatic N) is 6. The smallest absolute Gasteiger partial charge is 0.264 e. The second-order valence-corrected chi connectivity index (χ2v) is 10.5. The van der Waals surface area contributed by atoms with Crippen LogP contribution in [0.5, 0.6) is 11.5 Å². The highest BCUT2D eigenvalue weighted by Crippen LogP contribution is 2.35. The van der Waals surface area contributed by atoms with Gasteiger partial charge in [-0.1, -0.05) is 18.2 Å². The Morgan fingerprint density at radius 2 is 2.02 bits per heavy atom. The fourth-order valence-electron chi connectivity index (χ4n) is 4.94. The Bertz CT molecular complexity index is 1660. The summed E-state index contributed by atoms with van der Waals surface area (Å²) in [5, 5.41) is 18.0. The molecule has 210 valence electrons. The molecule has 0 spiro atoms. The number of anilines is 1. The van der Waals surface area contributed by atoms with Crippen molar-refractivity contribution in [1.29, 1.82) is 5.26 Å². The molecule has 2 aromatic heterocycles. The van der Waals surface area contributed by atoms with Crippen LogP contribution in [0.1, 0.15) is 26.7 Å². The molecule has 2 aromatic carbocycles. The number of nitrogens with two attached hydrogens (primary N) is 1. The molecular weight excluding hydrogens is 523 g/mol. The summed E-state index contributed by atoms with van der Waals surface area (Å²) in [6.07, 6.45) is 4.48. The molecule has 0 unspecified atom stereocenters. The second kappa shape index (κ2) is 11.3. The Balaban J connectivity index is 1.47.